The van der Waals surface area contributed by atoms with Gasteiger partial charge >= 0.3 is 5.97 Å². The summed E-state index contributed by atoms with van der Waals surface area (Å²) < 4.78 is 4.75. The molecule has 0 bridgehead atoms. The summed E-state index contributed by atoms with van der Waals surface area (Å²) in [5, 5.41) is 13.0. The maximum atomic E-state index is 12.1. The van der Waals surface area contributed by atoms with E-state index in [-0.39, 0.29) is 18.9 Å². The minimum atomic E-state index is -1.31. The summed E-state index contributed by atoms with van der Waals surface area (Å²) in [6.07, 6.45) is 0.0891. The summed E-state index contributed by atoms with van der Waals surface area (Å²) in [7, 11) is 0. The molecule has 0 radical (unpaired) electrons. The van der Waals surface area contributed by atoms with Crippen LogP contribution < -0.4 is 0 Å². The van der Waals surface area contributed by atoms with Crippen molar-refractivity contribution in [3.05, 3.63) is 16.1 Å². The molecule has 1 fully saturated rings. The third-order valence-corrected chi connectivity index (χ3v) is 4.87. The number of ether oxygens (including phenoxy) is 1. The van der Waals surface area contributed by atoms with E-state index < -0.39 is 12.1 Å². The lowest BCUT2D eigenvalue weighted by molar-refractivity contribution is -0.152. The van der Waals surface area contributed by atoms with Gasteiger partial charge in [-0.15, -0.1) is 11.3 Å². The van der Waals surface area contributed by atoms with Crippen LogP contribution in [-0.4, -0.2) is 52.7 Å². The molecule has 1 aliphatic heterocycles. The van der Waals surface area contributed by atoms with Gasteiger partial charge in [-0.2, -0.15) is 0 Å². The monoisotopic (exact) mass is 326 g/mol. The molecular formula is C15H22N2O4S. The van der Waals surface area contributed by atoms with Gasteiger partial charge in [0.15, 0.2) is 0 Å². The molecule has 2 heterocycles. The van der Waals surface area contributed by atoms with E-state index in [1.54, 1.807) is 23.2 Å². The molecule has 1 N–H and O–H groups in total. The average molecular weight is 326 g/mol. The number of thiazole rings is 1. The summed E-state index contributed by atoms with van der Waals surface area (Å²) in [6, 6.07) is 0. The third-order valence-electron chi connectivity index (χ3n) is 3.74. The quantitative estimate of drug-likeness (QED) is 0.829. The van der Waals surface area contributed by atoms with Gasteiger partial charge < -0.3 is 14.7 Å². The van der Waals surface area contributed by atoms with Gasteiger partial charge in [-0.3, -0.25) is 9.59 Å². The molecule has 1 saturated heterocycles. The van der Waals surface area contributed by atoms with Gasteiger partial charge in [0.2, 0.25) is 0 Å². The number of hydrogen-bond donors (Lipinski definition) is 1. The third kappa shape index (κ3) is 4.27. The number of piperidine rings is 1. The molecule has 22 heavy (non-hydrogen) atoms. The lowest BCUT2D eigenvalue weighted by Crippen LogP contribution is -2.44. The van der Waals surface area contributed by atoms with Crippen LogP contribution in [-0.2, 0) is 14.3 Å². The summed E-state index contributed by atoms with van der Waals surface area (Å²) in [5.41, 5.74) is 1.03. The number of esters is 1. The van der Waals surface area contributed by atoms with Crippen LogP contribution in [0.2, 0.25) is 0 Å². The van der Waals surface area contributed by atoms with Crippen molar-refractivity contribution in [2.75, 3.05) is 19.7 Å². The van der Waals surface area contributed by atoms with Gasteiger partial charge in [0, 0.05) is 30.1 Å². The number of carbonyl (C=O) groups is 2. The molecular weight excluding hydrogens is 304 g/mol. The van der Waals surface area contributed by atoms with Crippen LogP contribution in [0.15, 0.2) is 5.38 Å². The highest BCUT2D eigenvalue weighted by atomic mass is 32.1. The minimum Gasteiger partial charge on any atom is -0.466 e. The molecule has 1 aromatic heterocycles. The topological polar surface area (TPSA) is 79.7 Å². The van der Waals surface area contributed by atoms with Crippen molar-refractivity contribution >= 4 is 23.2 Å². The molecule has 1 amide bonds. The zero-order valence-electron chi connectivity index (χ0n) is 12.9. The Morgan fingerprint density at radius 2 is 2.18 bits per heavy atom. The Hall–Kier alpha value is -1.47. The van der Waals surface area contributed by atoms with Crippen LogP contribution in [0, 0.1) is 6.92 Å². The molecule has 122 valence electrons. The van der Waals surface area contributed by atoms with Crippen molar-refractivity contribution in [1.29, 1.82) is 0 Å². The highest BCUT2D eigenvalue weighted by molar-refractivity contribution is 7.09. The summed E-state index contributed by atoms with van der Waals surface area (Å²) in [4.78, 5) is 29.6. The Labute approximate surface area is 134 Å². The molecule has 1 atom stereocenters. The molecule has 1 aliphatic rings. The van der Waals surface area contributed by atoms with Gasteiger partial charge in [-0.1, -0.05) is 0 Å². The van der Waals surface area contributed by atoms with E-state index in [4.69, 9.17) is 4.74 Å². The van der Waals surface area contributed by atoms with E-state index in [1.807, 2.05) is 12.3 Å². The fourth-order valence-corrected chi connectivity index (χ4v) is 3.55. The predicted molar refractivity (Wildman–Crippen MR) is 82.7 cm³/mol. The zero-order valence-corrected chi connectivity index (χ0v) is 13.8. The first kappa shape index (κ1) is 16.9. The van der Waals surface area contributed by atoms with Crippen LogP contribution in [0.25, 0.3) is 0 Å². The summed E-state index contributed by atoms with van der Waals surface area (Å²) in [6.45, 7) is 5.09. The van der Waals surface area contributed by atoms with Gasteiger partial charge in [-0.25, -0.2) is 4.98 Å². The van der Waals surface area contributed by atoms with Gasteiger partial charge in [-0.05, 0) is 26.7 Å². The van der Waals surface area contributed by atoms with Gasteiger partial charge in [0.05, 0.1) is 18.0 Å². The van der Waals surface area contributed by atoms with E-state index in [9.17, 15) is 14.7 Å². The first-order valence-corrected chi connectivity index (χ1v) is 8.43. The molecule has 7 heteroatoms. The second kappa shape index (κ2) is 7.69. The Kier molecular flexibility index (Phi) is 5.90. The fourth-order valence-electron chi connectivity index (χ4n) is 2.58. The number of amides is 1. The molecule has 0 aliphatic carbocycles. The largest absolute Gasteiger partial charge is 0.466 e. The van der Waals surface area contributed by atoms with E-state index in [0.29, 0.717) is 19.0 Å². The molecule has 1 unspecified atom stereocenters. The second-order valence-corrected chi connectivity index (χ2v) is 6.34. The number of nitrogens with zero attached hydrogens (tertiary/aromatic N) is 2. The number of carbonyl (C=O) groups excluding carboxylic acids is 2. The second-order valence-electron chi connectivity index (χ2n) is 5.45. The zero-order chi connectivity index (χ0) is 16.1. The highest BCUT2D eigenvalue weighted by Crippen LogP contribution is 2.30. The van der Waals surface area contributed by atoms with E-state index >= 15 is 0 Å². The molecule has 0 spiro atoms. The van der Waals surface area contributed by atoms with Crippen molar-refractivity contribution in [2.45, 2.75) is 45.1 Å². The van der Waals surface area contributed by atoms with Crippen molar-refractivity contribution in [3.63, 3.8) is 0 Å². The lowest BCUT2D eigenvalue weighted by atomic mass is 9.97. The molecule has 2 rings (SSSR count). The Bertz CT molecular complexity index is 523. The lowest BCUT2D eigenvalue weighted by Gasteiger charge is -2.32. The first-order chi connectivity index (χ1) is 10.5. The highest BCUT2D eigenvalue weighted by Gasteiger charge is 2.30. The number of likely N-dealkylation sites (tertiary alicyclic amines) is 1. The number of aliphatic hydroxyl groups excluding tert-OH is 1. The van der Waals surface area contributed by atoms with Crippen molar-refractivity contribution < 1.29 is 19.4 Å². The standard InChI is InChI=1S/C15H22N2O4S/c1-3-21-13(19)8-12(18)15(20)17-6-4-11(5-7-17)14-16-10(2)9-22-14/h9,11-12,18H,3-8H2,1-2H3. The Morgan fingerprint density at radius 3 is 2.73 bits per heavy atom. The smallest absolute Gasteiger partial charge is 0.308 e. The Balaban J connectivity index is 1.83. The van der Waals surface area contributed by atoms with Crippen molar-refractivity contribution in [3.8, 4) is 0 Å². The molecule has 0 aromatic carbocycles. The predicted octanol–water partition coefficient (Wildman–Crippen LogP) is 1.47. The van der Waals surface area contributed by atoms with Gasteiger partial charge in [0.1, 0.15) is 6.10 Å². The SMILES string of the molecule is CCOC(=O)CC(O)C(=O)N1CCC(c2nc(C)cs2)CC1. The molecule has 6 nitrogen and oxygen atoms in total. The van der Waals surface area contributed by atoms with Crippen LogP contribution >= 0.6 is 11.3 Å². The maximum absolute atomic E-state index is 12.1. The number of aliphatic hydroxyl groups is 1. The normalized spacial score (nSPS) is 17.3. The van der Waals surface area contributed by atoms with E-state index in [0.717, 1.165) is 23.5 Å². The summed E-state index contributed by atoms with van der Waals surface area (Å²) >= 11 is 1.66. The van der Waals surface area contributed by atoms with Crippen molar-refractivity contribution in [2.24, 2.45) is 0 Å². The number of rotatable bonds is 5. The average Bonchev–Trinajstić information content (AvgIpc) is 2.93. The van der Waals surface area contributed by atoms with Crippen LogP contribution in [0.4, 0.5) is 0 Å². The summed E-state index contributed by atoms with van der Waals surface area (Å²) in [5.74, 6) is -0.553. The fraction of sp³-hybridized carbons (Fsp3) is 0.667. The molecule has 1 aromatic rings. The number of hydrogen-bond acceptors (Lipinski definition) is 6. The number of aromatic nitrogens is 1. The maximum Gasteiger partial charge on any atom is 0.308 e. The van der Waals surface area contributed by atoms with Gasteiger partial charge in [0.25, 0.3) is 5.91 Å². The van der Waals surface area contributed by atoms with E-state index in [2.05, 4.69) is 4.98 Å². The van der Waals surface area contributed by atoms with Crippen LogP contribution in [0.1, 0.15) is 42.8 Å². The number of aryl methyl sites for hydroxylation is 1. The van der Waals surface area contributed by atoms with E-state index in [1.165, 1.54) is 0 Å². The van der Waals surface area contributed by atoms with Crippen LogP contribution in [0.5, 0.6) is 0 Å². The van der Waals surface area contributed by atoms with Crippen molar-refractivity contribution in [1.82, 2.24) is 9.88 Å². The first-order valence-electron chi connectivity index (χ1n) is 7.55. The minimum absolute atomic E-state index is 0.248. The molecule has 0 saturated carbocycles. The van der Waals surface area contributed by atoms with Crippen LogP contribution in [0.3, 0.4) is 0 Å². The Morgan fingerprint density at radius 1 is 1.50 bits per heavy atom.